The first-order valence-electron chi connectivity index (χ1n) is 12.6. The summed E-state index contributed by atoms with van der Waals surface area (Å²) >= 11 is 6.87. The number of anilines is 1. The SMILES string of the molecule is CCCCC1(C(=O)c2ccc(N([Si](C)(C)C)[Si](C)(C)C)c(Cl)c2)CCCN1C(=O)OC(C)(C)C. The van der Waals surface area contributed by atoms with Crippen LogP contribution in [0.5, 0.6) is 0 Å². The van der Waals surface area contributed by atoms with Crippen molar-refractivity contribution in [2.75, 3.05) is 10.8 Å². The van der Waals surface area contributed by atoms with Crippen LogP contribution in [0.4, 0.5) is 10.5 Å². The minimum atomic E-state index is -1.69. The lowest BCUT2D eigenvalue weighted by Crippen LogP contribution is -2.59. The van der Waals surface area contributed by atoms with Crippen molar-refractivity contribution in [2.45, 2.75) is 110 Å². The van der Waals surface area contributed by atoms with Crippen molar-refractivity contribution in [3.8, 4) is 0 Å². The minimum absolute atomic E-state index is 0.0229. The molecule has 1 heterocycles. The molecule has 1 saturated heterocycles. The van der Waals surface area contributed by atoms with Crippen LogP contribution in [0.1, 0.15) is 70.2 Å². The van der Waals surface area contributed by atoms with Gasteiger partial charge in [0.2, 0.25) is 0 Å². The number of amides is 1. The van der Waals surface area contributed by atoms with Crippen LogP contribution in [0, 0.1) is 0 Å². The first-order chi connectivity index (χ1) is 15.4. The smallest absolute Gasteiger partial charge is 0.411 e. The van der Waals surface area contributed by atoms with E-state index in [0.717, 1.165) is 24.9 Å². The molecule has 0 aromatic heterocycles. The number of hydrogen-bond donors (Lipinski definition) is 0. The van der Waals surface area contributed by atoms with Gasteiger partial charge in [0.05, 0.1) is 5.02 Å². The van der Waals surface area contributed by atoms with Crippen molar-refractivity contribution in [3.05, 3.63) is 28.8 Å². The Morgan fingerprint density at radius 1 is 1.12 bits per heavy atom. The highest BCUT2D eigenvalue weighted by Crippen LogP contribution is 2.40. The normalized spacial score (nSPS) is 19.3. The molecule has 1 aliphatic heterocycles. The zero-order valence-corrected chi connectivity index (χ0v) is 25.7. The lowest BCUT2D eigenvalue weighted by molar-refractivity contribution is 0.00711. The van der Waals surface area contributed by atoms with Crippen LogP contribution in [0.2, 0.25) is 44.3 Å². The van der Waals surface area contributed by atoms with Gasteiger partial charge < -0.3 is 8.97 Å². The van der Waals surface area contributed by atoms with E-state index in [4.69, 9.17) is 16.3 Å². The summed E-state index contributed by atoms with van der Waals surface area (Å²) in [5.41, 5.74) is 0.114. The Labute approximate surface area is 214 Å². The Balaban J connectivity index is 2.51. The van der Waals surface area contributed by atoms with Gasteiger partial charge in [0, 0.05) is 17.8 Å². The van der Waals surface area contributed by atoms with E-state index >= 15 is 0 Å². The van der Waals surface area contributed by atoms with E-state index in [1.165, 1.54) is 0 Å². The van der Waals surface area contributed by atoms with Crippen molar-refractivity contribution in [3.63, 3.8) is 0 Å². The zero-order chi connectivity index (χ0) is 26.1. The molecule has 192 valence electrons. The van der Waals surface area contributed by atoms with Crippen LogP contribution in [-0.4, -0.2) is 50.9 Å². The van der Waals surface area contributed by atoms with Gasteiger partial charge in [-0.3, -0.25) is 9.69 Å². The summed E-state index contributed by atoms with van der Waals surface area (Å²) in [6.07, 6.45) is 3.51. The molecular formula is C26H45ClN2O3Si2. The molecule has 1 atom stereocenters. The zero-order valence-electron chi connectivity index (χ0n) is 23.0. The topological polar surface area (TPSA) is 49.9 Å². The maximum absolute atomic E-state index is 14.1. The first-order valence-corrected chi connectivity index (χ1v) is 19.9. The summed E-state index contributed by atoms with van der Waals surface area (Å²) in [5, 5.41) is 0.614. The van der Waals surface area contributed by atoms with Crippen LogP contribution in [0.25, 0.3) is 0 Å². The monoisotopic (exact) mass is 524 g/mol. The van der Waals surface area contributed by atoms with E-state index in [9.17, 15) is 9.59 Å². The molecule has 1 aliphatic rings. The number of nitrogens with zero attached hydrogens (tertiary/aromatic N) is 2. The number of benzene rings is 1. The van der Waals surface area contributed by atoms with Crippen LogP contribution >= 0.6 is 11.6 Å². The second-order valence-corrected chi connectivity index (χ2v) is 23.0. The molecule has 1 amide bonds. The molecule has 0 N–H and O–H groups in total. The fourth-order valence-corrected chi connectivity index (χ4v) is 15.7. The fraction of sp³-hybridized carbons (Fsp3) is 0.692. The number of likely N-dealkylation sites (tertiary alicyclic amines) is 1. The Bertz CT molecular complexity index is 889. The maximum atomic E-state index is 14.1. The number of carbonyl (C=O) groups is 2. The Morgan fingerprint density at radius 2 is 1.71 bits per heavy atom. The van der Waals surface area contributed by atoms with Gasteiger partial charge in [0.1, 0.15) is 27.6 Å². The molecule has 1 unspecified atom stereocenters. The van der Waals surface area contributed by atoms with Gasteiger partial charge in [0.15, 0.2) is 5.78 Å². The predicted octanol–water partition coefficient (Wildman–Crippen LogP) is 7.96. The largest absolute Gasteiger partial charge is 0.444 e. The third-order valence-corrected chi connectivity index (χ3v) is 13.8. The molecule has 5 nitrogen and oxygen atoms in total. The van der Waals surface area contributed by atoms with Gasteiger partial charge in [-0.1, -0.05) is 70.6 Å². The summed E-state index contributed by atoms with van der Waals surface area (Å²) in [7, 11) is -3.38. The number of ketones is 1. The fourth-order valence-electron chi connectivity index (χ4n) is 5.37. The van der Waals surface area contributed by atoms with E-state index in [1.54, 1.807) is 4.90 Å². The molecule has 8 heteroatoms. The van der Waals surface area contributed by atoms with E-state index in [0.29, 0.717) is 30.0 Å². The quantitative estimate of drug-likeness (QED) is 0.255. The summed E-state index contributed by atoms with van der Waals surface area (Å²) in [5.74, 6) is -0.0229. The number of ether oxygens (including phenoxy) is 1. The van der Waals surface area contributed by atoms with Crippen LogP contribution in [0.15, 0.2) is 18.2 Å². The van der Waals surface area contributed by atoms with Crippen molar-refractivity contribution < 1.29 is 14.3 Å². The third-order valence-electron chi connectivity index (χ3n) is 6.26. The highest BCUT2D eigenvalue weighted by Gasteiger charge is 2.50. The standard InChI is InChI=1S/C26H45ClN2O3Si2/c1-11-12-16-26(17-13-18-28(26)24(31)32-25(2,3)4)23(30)20-14-15-22(21(27)19-20)29(33(5,6)7)34(8,9)10/h14-15,19H,11-13,16-18H2,1-10H3. The Kier molecular flexibility index (Phi) is 8.80. The Morgan fingerprint density at radius 3 is 2.18 bits per heavy atom. The number of unbranched alkanes of at least 4 members (excludes halogenated alkanes) is 1. The van der Waals surface area contributed by atoms with Crippen molar-refractivity contribution in [1.82, 2.24) is 4.90 Å². The molecule has 0 bridgehead atoms. The lowest BCUT2D eigenvalue weighted by Gasteiger charge is -2.46. The predicted molar refractivity (Wildman–Crippen MR) is 149 cm³/mol. The number of rotatable bonds is 8. The molecule has 1 aromatic rings. The van der Waals surface area contributed by atoms with Gasteiger partial charge in [-0.2, -0.15) is 0 Å². The van der Waals surface area contributed by atoms with Crippen LogP contribution in [-0.2, 0) is 4.74 Å². The molecule has 1 fully saturated rings. The average molecular weight is 525 g/mol. The van der Waals surface area contributed by atoms with E-state index < -0.39 is 33.7 Å². The van der Waals surface area contributed by atoms with Crippen molar-refractivity contribution >= 4 is 45.6 Å². The molecule has 1 aromatic carbocycles. The third kappa shape index (κ3) is 6.46. The van der Waals surface area contributed by atoms with E-state index in [1.807, 2.05) is 39.0 Å². The highest BCUT2D eigenvalue weighted by molar-refractivity contribution is 6.99. The summed E-state index contributed by atoms with van der Waals surface area (Å²) in [6, 6.07) is 5.76. The average Bonchev–Trinajstić information content (AvgIpc) is 3.09. The summed E-state index contributed by atoms with van der Waals surface area (Å²) in [4.78, 5) is 28.9. The number of halogens is 1. The molecule has 0 spiro atoms. The summed E-state index contributed by atoms with van der Waals surface area (Å²) < 4.78 is 8.26. The van der Waals surface area contributed by atoms with Crippen molar-refractivity contribution in [2.24, 2.45) is 0 Å². The molecular weight excluding hydrogens is 480 g/mol. The number of hydrogen-bond acceptors (Lipinski definition) is 4. The van der Waals surface area contributed by atoms with Gasteiger partial charge in [-0.25, -0.2) is 4.79 Å². The van der Waals surface area contributed by atoms with Crippen molar-refractivity contribution in [1.29, 1.82) is 0 Å². The second-order valence-electron chi connectivity index (χ2n) is 12.5. The van der Waals surface area contributed by atoms with Gasteiger partial charge in [0.25, 0.3) is 0 Å². The highest BCUT2D eigenvalue weighted by atomic mass is 35.5. The summed E-state index contributed by atoms with van der Waals surface area (Å²) in [6.45, 7) is 22.2. The van der Waals surface area contributed by atoms with Crippen LogP contribution in [0.3, 0.4) is 0 Å². The van der Waals surface area contributed by atoms with E-state index in [-0.39, 0.29) is 5.78 Å². The van der Waals surface area contributed by atoms with Gasteiger partial charge in [-0.05, 0) is 58.2 Å². The Hall–Kier alpha value is -1.32. The molecule has 0 radical (unpaired) electrons. The molecule has 0 aliphatic carbocycles. The van der Waals surface area contributed by atoms with Gasteiger partial charge >= 0.3 is 6.09 Å². The number of Topliss-reactive ketones (excluding diaryl/α,β-unsaturated/α-hetero) is 1. The molecule has 34 heavy (non-hydrogen) atoms. The maximum Gasteiger partial charge on any atom is 0.411 e. The molecule has 0 saturated carbocycles. The second kappa shape index (κ2) is 10.4. The molecule has 2 rings (SSSR count). The van der Waals surface area contributed by atoms with Gasteiger partial charge in [-0.15, -0.1) is 0 Å². The van der Waals surface area contributed by atoms with E-state index in [2.05, 4.69) is 50.4 Å². The lowest BCUT2D eigenvalue weighted by atomic mass is 9.82. The number of carbonyl (C=O) groups excluding carboxylic acids is 2. The van der Waals surface area contributed by atoms with Crippen LogP contribution < -0.4 is 4.23 Å². The first kappa shape index (κ1) is 28.9. The minimum Gasteiger partial charge on any atom is -0.444 e.